The molecule has 1 aliphatic carbocycles. The number of hydrogen-bond donors (Lipinski definition) is 1. The molecule has 0 saturated heterocycles. The maximum Gasteiger partial charge on any atom is 0.331 e. The average Bonchev–Trinajstić information content (AvgIpc) is 3.33. The number of benzene rings is 2. The SMILES string of the molecule is CC=CC(=O)OC1c2cc(OC)c(OC)c(OC)c2-c2c(cc3c(c2OC)OCO3)CC(C)C1(C)O. The predicted octanol–water partition coefficient (Wildman–Crippen LogP) is 4.22. The minimum Gasteiger partial charge on any atom is -0.493 e. The van der Waals surface area contributed by atoms with Crippen LogP contribution in [-0.2, 0) is 16.0 Å². The van der Waals surface area contributed by atoms with Crippen LogP contribution in [-0.4, -0.2) is 51.9 Å². The third-order valence-corrected chi connectivity index (χ3v) is 6.89. The maximum atomic E-state index is 12.7. The third-order valence-electron chi connectivity index (χ3n) is 6.89. The number of rotatable bonds is 6. The van der Waals surface area contributed by atoms with Crippen molar-refractivity contribution in [3.05, 3.63) is 35.4 Å². The Balaban J connectivity index is 2.17. The second-order valence-corrected chi connectivity index (χ2v) is 8.94. The Bertz CT molecular complexity index is 1200. The van der Waals surface area contributed by atoms with Crippen molar-refractivity contribution < 1.29 is 43.1 Å². The zero-order valence-corrected chi connectivity index (χ0v) is 21.6. The number of carbonyl (C=O) groups is 1. The summed E-state index contributed by atoms with van der Waals surface area (Å²) in [5.74, 6) is 1.55. The van der Waals surface area contributed by atoms with Gasteiger partial charge in [0, 0.05) is 22.8 Å². The van der Waals surface area contributed by atoms with E-state index in [9.17, 15) is 9.90 Å². The molecule has 2 aromatic rings. The standard InChI is InChI=1S/C27H32O9/c1-8-9-19(28)36-26-16-12-17(30-4)22(31-5)25(33-7)21(16)20-15(10-14(2)27(26,3)29)11-18-23(24(20)32-6)35-13-34-18/h8-9,11-12,14,26,29H,10,13H2,1-7H3. The van der Waals surface area contributed by atoms with E-state index in [2.05, 4.69) is 0 Å². The number of carbonyl (C=O) groups excluding carboxylic acids is 1. The zero-order chi connectivity index (χ0) is 26.2. The van der Waals surface area contributed by atoms with Crippen LogP contribution in [0.2, 0.25) is 0 Å². The molecule has 4 rings (SSSR count). The number of methoxy groups -OCH3 is 4. The number of hydrogen-bond acceptors (Lipinski definition) is 9. The average molecular weight is 501 g/mol. The maximum absolute atomic E-state index is 12.7. The summed E-state index contributed by atoms with van der Waals surface area (Å²) in [7, 11) is 6.07. The molecule has 0 bridgehead atoms. The first-order chi connectivity index (χ1) is 17.2. The molecule has 0 fully saturated rings. The van der Waals surface area contributed by atoms with Crippen molar-refractivity contribution >= 4 is 5.97 Å². The van der Waals surface area contributed by atoms with Gasteiger partial charge in [-0.05, 0) is 43.9 Å². The van der Waals surface area contributed by atoms with Crippen LogP contribution in [0.4, 0.5) is 0 Å². The van der Waals surface area contributed by atoms with Crippen molar-refractivity contribution in [3.8, 4) is 45.6 Å². The van der Waals surface area contributed by atoms with E-state index >= 15 is 0 Å². The van der Waals surface area contributed by atoms with E-state index < -0.39 is 17.7 Å². The molecular weight excluding hydrogens is 468 g/mol. The minimum absolute atomic E-state index is 0.0569. The number of allylic oxidation sites excluding steroid dienone is 1. The molecule has 0 aromatic heterocycles. The molecule has 0 saturated carbocycles. The molecular formula is C27H32O9. The topological polar surface area (TPSA) is 102 Å². The number of esters is 1. The van der Waals surface area contributed by atoms with Gasteiger partial charge in [-0.2, -0.15) is 0 Å². The van der Waals surface area contributed by atoms with Crippen molar-refractivity contribution in [1.82, 2.24) is 0 Å². The van der Waals surface area contributed by atoms with Gasteiger partial charge in [0.05, 0.1) is 28.4 Å². The quantitative estimate of drug-likeness (QED) is 0.461. The number of fused-ring (bicyclic) bond motifs is 4. The minimum atomic E-state index is -1.47. The van der Waals surface area contributed by atoms with E-state index in [0.29, 0.717) is 57.6 Å². The van der Waals surface area contributed by atoms with Crippen LogP contribution in [0.1, 0.15) is 38.0 Å². The first-order valence-corrected chi connectivity index (χ1v) is 11.6. The lowest BCUT2D eigenvalue weighted by atomic mass is 9.73. The van der Waals surface area contributed by atoms with Gasteiger partial charge in [-0.15, -0.1) is 0 Å². The van der Waals surface area contributed by atoms with Crippen molar-refractivity contribution in [1.29, 1.82) is 0 Å². The fourth-order valence-electron chi connectivity index (χ4n) is 4.92. The molecule has 2 aliphatic rings. The predicted molar refractivity (Wildman–Crippen MR) is 131 cm³/mol. The highest BCUT2D eigenvalue weighted by Gasteiger charge is 2.46. The molecule has 194 valence electrons. The Hall–Kier alpha value is -3.59. The summed E-state index contributed by atoms with van der Waals surface area (Å²) in [6.07, 6.45) is 2.23. The smallest absolute Gasteiger partial charge is 0.331 e. The van der Waals surface area contributed by atoms with E-state index in [1.54, 1.807) is 33.1 Å². The molecule has 0 amide bonds. The fraction of sp³-hybridized carbons (Fsp3) is 0.444. The lowest BCUT2D eigenvalue weighted by Gasteiger charge is -2.41. The van der Waals surface area contributed by atoms with E-state index in [0.717, 1.165) is 5.56 Å². The summed E-state index contributed by atoms with van der Waals surface area (Å²) in [5.41, 5.74) is 1.04. The molecule has 3 unspecified atom stereocenters. The summed E-state index contributed by atoms with van der Waals surface area (Å²) in [5, 5.41) is 11.9. The molecule has 36 heavy (non-hydrogen) atoms. The van der Waals surface area contributed by atoms with Crippen LogP contribution in [0.15, 0.2) is 24.3 Å². The first-order valence-electron chi connectivity index (χ1n) is 11.6. The van der Waals surface area contributed by atoms with Gasteiger partial charge < -0.3 is 38.3 Å². The van der Waals surface area contributed by atoms with Crippen LogP contribution in [0.5, 0.6) is 34.5 Å². The van der Waals surface area contributed by atoms with Crippen LogP contribution < -0.4 is 28.4 Å². The van der Waals surface area contributed by atoms with Gasteiger partial charge in [0.1, 0.15) is 5.60 Å². The normalized spacial score (nSPS) is 22.2. The van der Waals surface area contributed by atoms with E-state index in [1.807, 2.05) is 13.0 Å². The molecule has 3 atom stereocenters. The van der Waals surface area contributed by atoms with Gasteiger partial charge in [-0.3, -0.25) is 0 Å². The van der Waals surface area contributed by atoms with E-state index in [1.165, 1.54) is 27.4 Å². The van der Waals surface area contributed by atoms with Gasteiger partial charge in [0.15, 0.2) is 29.1 Å². The highest BCUT2D eigenvalue weighted by Crippen LogP contribution is 2.59. The summed E-state index contributed by atoms with van der Waals surface area (Å²) >= 11 is 0. The Kier molecular flexibility index (Phi) is 6.95. The summed E-state index contributed by atoms with van der Waals surface area (Å²) < 4.78 is 40.4. The van der Waals surface area contributed by atoms with Crippen LogP contribution in [0.3, 0.4) is 0 Å². The molecule has 1 N–H and O–H groups in total. The van der Waals surface area contributed by atoms with Gasteiger partial charge in [-0.25, -0.2) is 4.79 Å². The van der Waals surface area contributed by atoms with Crippen molar-refractivity contribution in [2.24, 2.45) is 5.92 Å². The first kappa shape index (κ1) is 25.5. The van der Waals surface area contributed by atoms with Crippen molar-refractivity contribution in [3.63, 3.8) is 0 Å². The Morgan fingerprint density at radius 3 is 2.33 bits per heavy atom. The molecule has 9 nitrogen and oxygen atoms in total. The van der Waals surface area contributed by atoms with Gasteiger partial charge in [0.2, 0.25) is 18.3 Å². The zero-order valence-electron chi connectivity index (χ0n) is 21.6. The molecule has 1 aliphatic heterocycles. The number of aliphatic hydroxyl groups is 1. The fourth-order valence-corrected chi connectivity index (χ4v) is 4.92. The lowest BCUT2D eigenvalue weighted by molar-refractivity contribution is -0.165. The monoisotopic (exact) mass is 500 g/mol. The lowest BCUT2D eigenvalue weighted by Crippen LogP contribution is -2.43. The Morgan fingerprint density at radius 1 is 1.03 bits per heavy atom. The van der Waals surface area contributed by atoms with Crippen molar-refractivity contribution in [2.75, 3.05) is 35.2 Å². The summed E-state index contributed by atoms with van der Waals surface area (Å²) in [6, 6.07) is 3.59. The number of ether oxygens (including phenoxy) is 7. The highest BCUT2D eigenvalue weighted by molar-refractivity contribution is 5.89. The third kappa shape index (κ3) is 3.97. The molecule has 0 radical (unpaired) electrons. The summed E-state index contributed by atoms with van der Waals surface area (Å²) in [6.45, 7) is 5.34. The largest absolute Gasteiger partial charge is 0.493 e. The van der Waals surface area contributed by atoms with Crippen LogP contribution in [0.25, 0.3) is 11.1 Å². The second-order valence-electron chi connectivity index (χ2n) is 8.94. The molecule has 1 heterocycles. The summed E-state index contributed by atoms with van der Waals surface area (Å²) in [4.78, 5) is 12.7. The highest BCUT2D eigenvalue weighted by atomic mass is 16.7. The Labute approximate surface area is 210 Å². The van der Waals surface area contributed by atoms with Crippen molar-refractivity contribution in [2.45, 2.75) is 38.9 Å². The van der Waals surface area contributed by atoms with Gasteiger partial charge in [-0.1, -0.05) is 13.0 Å². The van der Waals surface area contributed by atoms with Gasteiger partial charge >= 0.3 is 5.97 Å². The molecule has 2 aromatic carbocycles. The van der Waals surface area contributed by atoms with Crippen LogP contribution >= 0.6 is 0 Å². The van der Waals surface area contributed by atoms with E-state index in [-0.39, 0.29) is 12.7 Å². The molecule has 9 heteroatoms. The van der Waals surface area contributed by atoms with Crippen LogP contribution in [0, 0.1) is 5.92 Å². The molecule has 0 spiro atoms. The second kappa shape index (κ2) is 9.81. The Morgan fingerprint density at radius 2 is 1.72 bits per heavy atom. The van der Waals surface area contributed by atoms with Gasteiger partial charge in [0.25, 0.3) is 0 Å². The van der Waals surface area contributed by atoms with E-state index in [4.69, 9.17) is 33.2 Å².